The van der Waals surface area contributed by atoms with Gasteiger partial charge >= 0.3 is 5.97 Å². The van der Waals surface area contributed by atoms with Crippen LogP contribution in [0.1, 0.15) is 24.4 Å². The van der Waals surface area contributed by atoms with Gasteiger partial charge in [0, 0.05) is 12.2 Å². The molecule has 0 heterocycles. The summed E-state index contributed by atoms with van der Waals surface area (Å²) in [5.74, 6) is -0.335. The minimum Gasteiger partial charge on any atom is -0.497 e. The van der Waals surface area contributed by atoms with Gasteiger partial charge in [-0.15, -0.1) is 0 Å². The first-order valence-electron chi connectivity index (χ1n) is 6.45. The van der Waals surface area contributed by atoms with Crippen molar-refractivity contribution in [2.75, 3.05) is 7.11 Å². The summed E-state index contributed by atoms with van der Waals surface area (Å²) in [5, 5.41) is 11.4. The number of amides is 1. The lowest BCUT2D eigenvalue weighted by Gasteiger charge is -2.18. The van der Waals surface area contributed by atoms with Crippen molar-refractivity contribution in [2.24, 2.45) is 5.92 Å². The van der Waals surface area contributed by atoms with Gasteiger partial charge in [0.25, 0.3) is 0 Å². The van der Waals surface area contributed by atoms with Crippen LogP contribution in [0.3, 0.4) is 0 Å². The molecule has 1 saturated carbocycles. The summed E-state index contributed by atoms with van der Waals surface area (Å²) < 4.78 is 5.11. The maximum atomic E-state index is 11.7. The first-order chi connectivity index (χ1) is 9.60. The molecule has 5 nitrogen and oxygen atoms in total. The first-order valence-corrected chi connectivity index (χ1v) is 6.45. The molecule has 2 N–H and O–H groups in total. The van der Waals surface area contributed by atoms with Gasteiger partial charge in [-0.25, -0.2) is 4.79 Å². The Bertz CT molecular complexity index is 517. The van der Waals surface area contributed by atoms with E-state index in [1.54, 1.807) is 7.11 Å². The monoisotopic (exact) mass is 275 g/mol. The molecule has 1 atom stereocenters. The van der Waals surface area contributed by atoms with Gasteiger partial charge in [0.05, 0.1) is 13.2 Å². The van der Waals surface area contributed by atoms with Crippen LogP contribution >= 0.6 is 0 Å². The number of methoxy groups -OCH3 is 1. The zero-order chi connectivity index (χ0) is 14.5. The number of hydrogen-bond acceptors (Lipinski definition) is 3. The van der Waals surface area contributed by atoms with Crippen LogP contribution in [0.15, 0.2) is 36.4 Å². The molecule has 0 spiro atoms. The minimum absolute atomic E-state index is 0.0770. The van der Waals surface area contributed by atoms with E-state index in [9.17, 15) is 9.59 Å². The predicted octanol–water partition coefficient (Wildman–Crippen LogP) is 1.90. The van der Waals surface area contributed by atoms with E-state index in [1.165, 1.54) is 0 Å². The number of carbonyl (C=O) groups excluding carboxylic acids is 1. The standard InChI is InChI=1S/C15H17NO4/c1-20-12-6-4-11(5-7-12)15(10-2-3-10)16-13(17)8-9-14(18)19/h4-10,15H,2-3H2,1H3,(H,16,17)(H,18,19)/b9-8+. The molecule has 0 aromatic heterocycles. The second kappa shape index (κ2) is 6.23. The van der Waals surface area contributed by atoms with Crippen molar-refractivity contribution in [2.45, 2.75) is 18.9 Å². The lowest BCUT2D eigenvalue weighted by atomic mass is 10.0. The zero-order valence-electron chi connectivity index (χ0n) is 11.2. The van der Waals surface area contributed by atoms with Gasteiger partial charge in [-0.2, -0.15) is 0 Å². The zero-order valence-corrected chi connectivity index (χ0v) is 11.2. The molecule has 1 aliphatic rings. The van der Waals surface area contributed by atoms with Gasteiger partial charge in [-0.1, -0.05) is 12.1 Å². The maximum Gasteiger partial charge on any atom is 0.328 e. The van der Waals surface area contributed by atoms with E-state index < -0.39 is 5.97 Å². The van der Waals surface area contributed by atoms with Gasteiger partial charge in [-0.3, -0.25) is 4.79 Å². The van der Waals surface area contributed by atoms with Crippen molar-refractivity contribution in [3.63, 3.8) is 0 Å². The first kappa shape index (κ1) is 14.1. The SMILES string of the molecule is COc1ccc(C(NC(=O)/C=C/C(=O)O)C2CC2)cc1. The topological polar surface area (TPSA) is 75.6 Å². The fourth-order valence-corrected chi connectivity index (χ4v) is 2.06. The molecule has 1 aromatic carbocycles. The molecule has 1 amide bonds. The number of carboxylic acid groups (broad SMARTS) is 1. The number of nitrogens with one attached hydrogen (secondary N) is 1. The molecule has 1 aromatic rings. The van der Waals surface area contributed by atoms with Crippen molar-refractivity contribution < 1.29 is 19.4 Å². The number of benzene rings is 1. The fraction of sp³-hybridized carbons (Fsp3) is 0.333. The van der Waals surface area contributed by atoms with E-state index in [4.69, 9.17) is 9.84 Å². The second-order valence-electron chi connectivity index (χ2n) is 4.77. The third-order valence-corrected chi connectivity index (χ3v) is 3.24. The lowest BCUT2D eigenvalue weighted by Crippen LogP contribution is -2.28. The van der Waals surface area contributed by atoms with E-state index in [1.807, 2.05) is 24.3 Å². The molecule has 0 saturated heterocycles. The van der Waals surface area contributed by atoms with Crippen molar-refractivity contribution in [3.8, 4) is 5.75 Å². The van der Waals surface area contributed by atoms with Crippen molar-refractivity contribution in [3.05, 3.63) is 42.0 Å². The van der Waals surface area contributed by atoms with Crippen molar-refractivity contribution in [1.82, 2.24) is 5.32 Å². The molecule has 5 heteroatoms. The van der Waals surface area contributed by atoms with Gasteiger partial charge in [0.1, 0.15) is 5.75 Å². The molecule has 1 fully saturated rings. The average molecular weight is 275 g/mol. The Balaban J connectivity index is 2.06. The number of hydrogen-bond donors (Lipinski definition) is 2. The summed E-state index contributed by atoms with van der Waals surface area (Å²) in [7, 11) is 1.60. The summed E-state index contributed by atoms with van der Waals surface area (Å²) in [4.78, 5) is 22.1. The average Bonchev–Trinajstić information content (AvgIpc) is 3.27. The number of aliphatic carboxylic acids is 1. The Kier molecular flexibility index (Phi) is 4.40. The van der Waals surface area contributed by atoms with Crippen LogP contribution in [-0.2, 0) is 9.59 Å². The molecule has 1 unspecified atom stereocenters. The predicted molar refractivity (Wildman–Crippen MR) is 73.4 cm³/mol. The van der Waals surface area contributed by atoms with Crippen LogP contribution in [-0.4, -0.2) is 24.1 Å². The highest BCUT2D eigenvalue weighted by Crippen LogP contribution is 2.41. The molecule has 1 aliphatic carbocycles. The minimum atomic E-state index is -1.13. The Morgan fingerprint density at radius 1 is 1.30 bits per heavy atom. The molecule has 0 aliphatic heterocycles. The van der Waals surface area contributed by atoms with Gasteiger partial charge in [-0.05, 0) is 36.5 Å². The van der Waals surface area contributed by atoms with Gasteiger partial charge < -0.3 is 15.2 Å². The van der Waals surface area contributed by atoms with Gasteiger partial charge in [0.2, 0.25) is 5.91 Å². The Morgan fingerprint density at radius 3 is 2.45 bits per heavy atom. The number of rotatable bonds is 6. The summed E-state index contributed by atoms with van der Waals surface area (Å²) in [6.45, 7) is 0. The Labute approximate surface area is 117 Å². The molecular formula is C15H17NO4. The number of carbonyl (C=O) groups is 2. The van der Waals surface area contributed by atoms with E-state index in [0.717, 1.165) is 36.3 Å². The summed E-state index contributed by atoms with van der Waals surface area (Å²) in [6, 6.07) is 7.46. The second-order valence-corrected chi connectivity index (χ2v) is 4.77. The lowest BCUT2D eigenvalue weighted by molar-refractivity contribution is -0.131. The van der Waals surface area contributed by atoms with Crippen LogP contribution in [0.4, 0.5) is 0 Å². The van der Waals surface area contributed by atoms with E-state index in [2.05, 4.69) is 5.32 Å². The Hall–Kier alpha value is -2.30. The highest BCUT2D eigenvalue weighted by molar-refractivity contribution is 5.94. The van der Waals surface area contributed by atoms with Crippen molar-refractivity contribution >= 4 is 11.9 Å². The van der Waals surface area contributed by atoms with Crippen LogP contribution in [0, 0.1) is 5.92 Å². The summed E-state index contributed by atoms with van der Waals surface area (Å²) >= 11 is 0. The molecule has 0 bridgehead atoms. The van der Waals surface area contributed by atoms with Crippen LogP contribution in [0.5, 0.6) is 5.75 Å². The molecular weight excluding hydrogens is 258 g/mol. The largest absolute Gasteiger partial charge is 0.497 e. The van der Waals surface area contributed by atoms with Crippen LogP contribution < -0.4 is 10.1 Å². The maximum absolute atomic E-state index is 11.7. The van der Waals surface area contributed by atoms with Crippen molar-refractivity contribution in [1.29, 1.82) is 0 Å². The number of ether oxygens (including phenoxy) is 1. The van der Waals surface area contributed by atoms with E-state index in [-0.39, 0.29) is 11.9 Å². The third kappa shape index (κ3) is 3.85. The molecule has 106 valence electrons. The highest BCUT2D eigenvalue weighted by atomic mass is 16.5. The van der Waals surface area contributed by atoms with Crippen LogP contribution in [0.2, 0.25) is 0 Å². The van der Waals surface area contributed by atoms with E-state index >= 15 is 0 Å². The fourth-order valence-electron chi connectivity index (χ4n) is 2.06. The molecule has 0 radical (unpaired) electrons. The highest BCUT2D eigenvalue weighted by Gasteiger charge is 2.33. The third-order valence-electron chi connectivity index (χ3n) is 3.24. The van der Waals surface area contributed by atoms with Crippen LogP contribution in [0.25, 0.3) is 0 Å². The number of carboxylic acids is 1. The summed E-state index contributed by atoms with van der Waals surface area (Å²) in [6.07, 6.45) is 4.02. The van der Waals surface area contributed by atoms with E-state index in [0.29, 0.717) is 5.92 Å². The molecule has 20 heavy (non-hydrogen) atoms. The molecule has 2 rings (SSSR count). The smallest absolute Gasteiger partial charge is 0.328 e. The summed E-state index contributed by atoms with van der Waals surface area (Å²) in [5.41, 5.74) is 1.00. The Morgan fingerprint density at radius 2 is 1.95 bits per heavy atom. The quantitative estimate of drug-likeness (QED) is 0.777. The normalized spacial score (nSPS) is 15.8. The van der Waals surface area contributed by atoms with Gasteiger partial charge in [0.15, 0.2) is 0 Å².